The minimum absolute atomic E-state index is 0.0129. The topological polar surface area (TPSA) is 188 Å². The van der Waals surface area contributed by atoms with Gasteiger partial charge in [0.1, 0.15) is 6.04 Å². The van der Waals surface area contributed by atoms with Crippen LogP contribution in [-0.2, 0) is 4.79 Å². The maximum Gasteiger partial charge on any atom is 0.324 e. The lowest BCUT2D eigenvalue weighted by atomic mass is 10.2. The number of carbonyl (C=O) groups is 1. The van der Waals surface area contributed by atoms with Gasteiger partial charge in [-0.15, -0.1) is 0 Å². The van der Waals surface area contributed by atoms with Crippen molar-refractivity contribution in [3.05, 3.63) is 0 Å². The second-order valence-corrected chi connectivity index (χ2v) is 3.20. The molecule has 96 valence electrons. The van der Waals surface area contributed by atoms with E-state index < -0.39 is 20.6 Å². The van der Waals surface area contributed by atoms with E-state index in [9.17, 15) is 4.79 Å². The van der Waals surface area contributed by atoms with Crippen LogP contribution in [-0.4, -0.2) is 44.3 Å². The van der Waals surface area contributed by atoms with Crippen molar-refractivity contribution in [2.75, 3.05) is 6.54 Å². The fourth-order valence-corrected chi connectivity index (χ4v) is 0.643. The van der Waals surface area contributed by atoms with Crippen molar-refractivity contribution in [3.63, 3.8) is 0 Å². The van der Waals surface area contributed by atoms with Gasteiger partial charge in [0.05, 0.1) is 0 Å². The van der Waals surface area contributed by atoms with Crippen molar-refractivity contribution in [2.24, 2.45) is 22.2 Å². The molecule has 0 fully saturated rings. The van der Waals surface area contributed by atoms with E-state index in [0.29, 0.717) is 19.4 Å². The highest BCUT2D eigenvalue weighted by Crippen LogP contribution is 2.11. The van der Waals surface area contributed by atoms with Gasteiger partial charge >= 0.3 is 14.6 Å². The zero-order valence-electron chi connectivity index (χ0n) is 8.52. The summed E-state index contributed by atoms with van der Waals surface area (Å²) in [6.07, 6.45) is 0.956. The van der Waals surface area contributed by atoms with E-state index in [2.05, 4.69) is 4.99 Å². The highest BCUT2D eigenvalue weighted by Gasteiger charge is 2.09. The van der Waals surface area contributed by atoms with Gasteiger partial charge in [0.25, 0.3) is 0 Å². The molecule has 0 radical (unpaired) electrons. The zero-order valence-corrected chi connectivity index (χ0v) is 9.42. The molecule has 0 aliphatic heterocycles. The quantitative estimate of drug-likeness (QED) is 0.123. The van der Waals surface area contributed by atoms with Crippen LogP contribution in [0.1, 0.15) is 12.8 Å². The summed E-state index contributed by atoms with van der Waals surface area (Å²) in [6, 6.07) is -0.820. The Hall–Kier alpha value is -0.990. The molecule has 0 bridgehead atoms. The lowest BCUT2D eigenvalue weighted by Gasteiger charge is -2.03. The van der Waals surface area contributed by atoms with Crippen molar-refractivity contribution in [1.82, 2.24) is 0 Å². The van der Waals surface area contributed by atoms with E-state index in [0.717, 1.165) is 0 Å². The molecule has 0 saturated heterocycles. The van der Waals surface area contributed by atoms with Crippen LogP contribution in [0.2, 0.25) is 0 Å². The van der Waals surface area contributed by atoms with Crippen LogP contribution in [0.5, 0.6) is 0 Å². The van der Waals surface area contributed by atoms with E-state index in [1.54, 1.807) is 0 Å². The molecule has 1 unspecified atom stereocenters. The van der Waals surface area contributed by atoms with Crippen LogP contribution < -0.4 is 17.2 Å². The largest absolute Gasteiger partial charge is 0.480 e. The molecule has 0 aliphatic rings. The first-order chi connectivity index (χ1) is 7.27. The highest BCUT2D eigenvalue weighted by atomic mass is 31.2. The molecule has 0 spiro atoms. The monoisotopic (exact) mass is 256 g/mol. The average Bonchev–Trinajstić information content (AvgIpc) is 2.10. The summed E-state index contributed by atoms with van der Waals surface area (Å²) in [5.74, 6) is -0.987. The third-order valence-corrected chi connectivity index (χ3v) is 1.28. The first-order valence-electron chi connectivity index (χ1n) is 4.18. The first-order valence-corrected chi connectivity index (χ1v) is 5.38. The van der Waals surface area contributed by atoms with Gasteiger partial charge in [-0.05, 0) is 12.8 Å². The lowest BCUT2D eigenvalue weighted by Crippen LogP contribution is -2.30. The second kappa shape index (κ2) is 10.5. The Bertz CT molecular complexity index is 218. The van der Waals surface area contributed by atoms with Gasteiger partial charge in [-0.2, -0.15) is 0 Å². The van der Waals surface area contributed by atoms with Gasteiger partial charge in [-0.25, -0.2) is 0 Å². The summed E-state index contributed by atoms with van der Waals surface area (Å²) in [5.41, 5.74) is 15.3. The molecule has 16 heavy (non-hydrogen) atoms. The standard InChI is InChI=1S/C6H14N4O2.H3O3P/c7-4(5(11)12)2-1-3-10-6(8)9;1-4(2)3/h4H,1-3,7H2,(H,11,12)(H4,8,9,10);1-3H. The maximum absolute atomic E-state index is 10.2. The lowest BCUT2D eigenvalue weighted by molar-refractivity contribution is -0.138. The van der Waals surface area contributed by atoms with E-state index in [-0.39, 0.29) is 5.96 Å². The van der Waals surface area contributed by atoms with Gasteiger partial charge in [-0.3, -0.25) is 9.79 Å². The summed E-state index contributed by atoms with van der Waals surface area (Å²) in [6.45, 7) is 0.420. The first kappa shape index (κ1) is 17.4. The Morgan fingerprint density at radius 2 is 1.75 bits per heavy atom. The molecule has 1 atom stereocenters. The fourth-order valence-electron chi connectivity index (χ4n) is 0.643. The predicted molar refractivity (Wildman–Crippen MR) is 59.1 cm³/mol. The Morgan fingerprint density at radius 1 is 1.31 bits per heavy atom. The molecule has 0 heterocycles. The van der Waals surface area contributed by atoms with Crippen LogP contribution in [0, 0.1) is 0 Å². The summed E-state index contributed by atoms with van der Waals surface area (Å²) in [4.78, 5) is 35.6. The third kappa shape index (κ3) is 18.7. The molecule has 9 nitrogen and oxygen atoms in total. The van der Waals surface area contributed by atoms with Gasteiger partial charge in [0.2, 0.25) is 0 Å². The summed E-state index contributed by atoms with van der Waals surface area (Å²) < 4.78 is 0. The third-order valence-electron chi connectivity index (χ3n) is 1.28. The number of aliphatic carboxylic acids is 1. The zero-order chi connectivity index (χ0) is 13.1. The smallest absolute Gasteiger partial charge is 0.324 e. The number of rotatable bonds is 5. The second-order valence-electron chi connectivity index (χ2n) is 2.66. The van der Waals surface area contributed by atoms with E-state index in [1.807, 2.05) is 0 Å². The molecule has 0 aliphatic carbocycles. The number of carboxylic acids is 1. The van der Waals surface area contributed by atoms with Crippen molar-refractivity contribution in [1.29, 1.82) is 0 Å². The van der Waals surface area contributed by atoms with Crippen molar-refractivity contribution < 1.29 is 24.6 Å². The summed E-state index contributed by atoms with van der Waals surface area (Å²) in [7, 11) is -2.62. The van der Waals surface area contributed by atoms with Crippen LogP contribution in [0.3, 0.4) is 0 Å². The number of carboxylic acid groups (broad SMARTS) is 1. The van der Waals surface area contributed by atoms with E-state index in [4.69, 9.17) is 37.0 Å². The average molecular weight is 256 g/mol. The molecule has 0 aromatic carbocycles. The molecular weight excluding hydrogens is 239 g/mol. The Morgan fingerprint density at radius 3 is 2.06 bits per heavy atom. The minimum atomic E-state index is -2.62. The van der Waals surface area contributed by atoms with Crippen molar-refractivity contribution in [3.8, 4) is 0 Å². The van der Waals surface area contributed by atoms with Gasteiger partial charge < -0.3 is 37.0 Å². The van der Waals surface area contributed by atoms with Gasteiger partial charge in [0, 0.05) is 6.54 Å². The van der Waals surface area contributed by atoms with Crippen LogP contribution in [0.15, 0.2) is 4.99 Å². The molecule has 10 N–H and O–H groups in total. The summed E-state index contributed by atoms with van der Waals surface area (Å²) in [5, 5.41) is 8.38. The Balaban J connectivity index is 0. The van der Waals surface area contributed by atoms with Crippen LogP contribution in [0.25, 0.3) is 0 Å². The Labute approximate surface area is 93.6 Å². The molecule has 0 saturated carbocycles. The van der Waals surface area contributed by atoms with Crippen molar-refractivity contribution in [2.45, 2.75) is 18.9 Å². The number of nitrogens with zero attached hydrogens (tertiary/aromatic N) is 1. The molecule has 0 amide bonds. The number of hydrogen-bond acceptors (Lipinski definition) is 6. The SMILES string of the molecule is NC(N)=NCCCC(N)C(=O)O.OP(O)O. The molecular formula is C6H17N4O5P. The molecule has 10 heteroatoms. The predicted octanol–water partition coefficient (Wildman–Crippen LogP) is -2.36. The van der Waals surface area contributed by atoms with Crippen LogP contribution in [0.4, 0.5) is 0 Å². The van der Waals surface area contributed by atoms with Gasteiger partial charge in [-0.1, -0.05) is 0 Å². The molecule has 0 aromatic rings. The molecule has 0 aromatic heterocycles. The minimum Gasteiger partial charge on any atom is -0.480 e. The summed E-state index contributed by atoms with van der Waals surface area (Å²) >= 11 is 0. The Kier molecular flexibility index (Phi) is 11.5. The maximum atomic E-state index is 10.2. The molecule has 0 rings (SSSR count). The van der Waals surface area contributed by atoms with Crippen LogP contribution >= 0.6 is 8.60 Å². The van der Waals surface area contributed by atoms with E-state index >= 15 is 0 Å². The normalized spacial score (nSPS) is 11.3. The number of hydrogen-bond donors (Lipinski definition) is 7. The van der Waals surface area contributed by atoms with E-state index in [1.165, 1.54) is 0 Å². The van der Waals surface area contributed by atoms with Gasteiger partial charge in [0.15, 0.2) is 5.96 Å². The fraction of sp³-hybridized carbons (Fsp3) is 0.667. The number of guanidine groups is 1. The number of nitrogens with two attached hydrogens (primary N) is 3. The van der Waals surface area contributed by atoms with Crippen molar-refractivity contribution >= 4 is 20.5 Å². The number of aliphatic imine (C=N–C) groups is 1. The highest BCUT2D eigenvalue weighted by molar-refractivity contribution is 7.38.